The van der Waals surface area contributed by atoms with Crippen LogP contribution in [0.25, 0.3) is 16.8 Å². The first kappa shape index (κ1) is 18.9. The van der Waals surface area contributed by atoms with E-state index in [4.69, 9.17) is 9.15 Å². The fourth-order valence-electron chi connectivity index (χ4n) is 4.81. The molecule has 0 saturated carbocycles. The van der Waals surface area contributed by atoms with Gasteiger partial charge in [0.1, 0.15) is 11.3 Å². The second-order valence-corrected chi connectivity index (χ2v) is 8.30. The van der Waals surface area contributed by atoms with Crippen molar-refractivity contribution in [3.05, 3.63) is 60.4 Å². The molecule has 0 aliphatic carbocycles. The summed E-state index contributed by atoms with van der Waals surface area (Å²) in [6.07, 6.45) is 3.22. The second kappa shape index (κ2) is 7.37. The molecule has 2 atom stereocenters. The monoisotopic (exact) mass is 430 g/mol. The SMILES string of the molecule is COc1ccc2oc(N3CC4CN(C(=O)c5ccccc5-n5nccn5)CC4C3)nc2c1. The van der Waals surface area contributed by atoms with Crippen LogP contribution >= 0.6 is 0 Å². The van der Waals surface area contributed by atoms with Crippen LogP contribution in [0.2, 0.25) is 0 Å². The Morgan fingerprint density at radius 2 is 1.78 bits per heavy atom. The number of amides is 1. The van der Waals surface area contributed by atoms with E-state index in [9.17, 15) is 4.79 Å². The quantitative estimate of drug-likeness (QED) is 0.492. The molecule has 6 rings (SSSR count). The van der Waals surface area contributed by atoms with Crippen LogP contribution in [0.1, 0.15) is 10.4 Å². The summed E-state index contributed by atoms with van der Waals surface area (Å²) in [5, 5.41) is 8.38. The van der Waals surface area contributed by atoms with E-state index < -0.39 is 0 Å². The summed E-state index contributed by atoms with van der Waals surface area (Å²) in [5.41, 5.74) is 2.85. The van der Waals surface area contributed by atoms with E-state index in [0.717, 1.165) is 43.0 Å². The lowest BCUT2D eigenvalue weighted by molar-refractivity contribution is 0.0782. The number of ether oxygens (including phenoxy) is 1. The van der Waals surface area contributed by atoms with Crippen LogP contribution in [-0.4, -0.2) is 64.1 Å². The summed E-state index contributed by atoms with van der Waals surface area (Å²) in [6, 6.07) is 13.7. The standard InChI is InChI=1S/C23H22N6O3/c1-31-17-6-7-21-19(10-17)26-23(32-21)28-13-15-11-27(12-16(15)14-28)22(30)18-4-2-3-5-20(18)29-24-8-9-25-29/h2-10,15-16H,11-14H2,1H3. The van der Waals surface area contributed by atoms with Gasteiger partial charge in [0, 0.05) is 44.1 Å². The molecule has 2 aliphatic rings. The van der Waals surface area contributed by atoms with E-state index in [-0.39, 0.29) is 5.91 Å². The molecule has 4 heterocycles. The van der Waals surface area contributed by atoms with Crippen LogP contribution in [0.15, 0.2) is 59.3 Å². The number of hydrogen-bond acceptors (Lipinski definition) is 7. The van der Waals surface area contributed by atoms with Gasteiger partial charge in [-0.1, -0.05) is 12.1 Å². The number of para-hydroxylation sites is 1. The number of anilines is 1. The fraction of sp³-hybridized carbons (Fsp3) is 0.304. The number of fused-ring (bicyclic) bond motifs is 2. The first-order valence-corrected chi connectivity index (χ1v) is 10.6. The van der Waals surface area contributed by atoms with Gasteiger partial charge in [0.25, 0.3) is 11.9 Å². The number of aromatic nitrogens is 4. The number of carbonyl (C=O) groups is 1. The van der Waals surface area contributed by atoms with Crippen LogP contribution in [-0.2, 0) is 0 Å². The van der Waals surface area contributed by atoms with Crippen LogP contribution < -0.4 is 9.64 Å². The smallest absolute Gasteiger partial charge is 0.298 e. The van der Waals surface area contributed by atoms with E-state index >= 15 is 0 Å². The van der Waals surface area contributed by atoms with E-state index in [1.165, 1.54) is 4.80 Å². The van der Waals surface area contributed by atoms with Gasteiger partial charge in [-0.25, -0.2) is 0 Å². The van der Waals surface area contributed by atoms with Gasteiger partial charge in [0.2, 0.25) is 0 Å². The highest BCUT2D eigenvalue weighted by Gasteiger charge is 2.43. The summed E-state index contributed by atoms with van der Waals surface area (Å²) >= 11 is 0. The molecule has 1 amide bonds. The Labute approximate surface area is 184 Å². The third-order valence-corrected chi connectivity index (χ3v) is 6.40. The van der Waals surface area contributed by atoms with Crippen LogP contribution in [0.5, 0.6) is 5.75 Å². The predicted molar refractivity (Wildman–Crippen MR) is 117 cm³/mol. The highest BCUT2D eigenvalue weighted by Crippen LogP contribution is 2.36. The maximum Gasteiger partial charge on any atom is 0.298 e. The molecule has 162 valence electrons. The maximum absolute atomic E-state index is 13.3. The van der Waals surface area contributed by atoms with Crippen LogP contribution in [0, 0.1) is 11.8 Å². The molecule has 0 radical (unpaired) electrons. The summed E-state index contributed by atoms with van der Waals surface area (Å²) in [7, 11) is 1.64. The Hall–Kier alpha value is -3.88. The molecule has 2 aliphatic heterocycles. The molecule has 2 aromatic heterocycles. The molecule has 9 nitrogen and oxygen atoms in total. The molecule has 2 unspecified atom stereocenters. The Balaban J connectivity index is 1.18. The Kier molecular flexibility index (Phi) is 4.34. The average Bonchev–Trinajstić information content (AvgIpc) is 3.60. The summed E-state index contributed by atoms with van der Waals surface area (Å²) in [6.45, 7) is 3.07. The van der Waals surface area contributed by atoms with Crippen molar-refractivity contribution in [2.45, 2.75) is 0 Å². The van der Waals surface area contributed by atoms with Crippen LogP contribution in [0.4, 0.5) is 6.01 Å². The van der Waals surface area contributed by atoms with Gasteiger partial charge in [-0.05, 0) is 24.3 Å². The molecule has 0 bridgehead atoms. The maximum atomic E-state index is 13.3. The first-order valence-electron chi connectivity index (χ1n) is 10.6. The highest BCUT2D eigenvalue weighted by molar-refractivity contribution is 5.98. The Morgan fingerprint density at radius 1 is 1.03 bits per heavy atom. The predicted octanol–water partition coefficient (Wildman–Crippen LogP) is 2.63. The third kappa shape index (κ3) is 3.08. The average molecular weight is 430 g/mol. The van der Waals surface area contributed by atoms with Crippen molar-refractivity contribution < 1.29 is 13.9 Å². The Morgan fingerprint density at radius 3 is 2.53 bits per heavy atom. The highest BCUT2D eigenvalue weighted by atomic mass is 16.5. The van der Waals surface area contributed by atoms with Gasteiger partial charge < -0.3 is 19.0 Å². The molecule has 2 saturated heterocycles. The van der Waals surface area contributed by atoms with Crippen molar-refractivity contribution in [1.82, 2.24) is 24.9 Å². The van der Waals surface area contributed by atoms with Gasteiger partial charge in [-0.15, -0.1) is 0 Å². The van der Waals surface area contributed by atoms with Gasteiger partial charge in [-0.2, -0.15) is 20.0 Å². The van der Waals surface area contributed by atoms with Crippen molar-refractivity contribution in [2.75, 3.05) is 38.2 Å². The number of benzene rings is 2. The second-order valence-electron chi connectivity index (χ2n) is 8.30. The van der Waals surface area contributed by atoms with Crippen molar-refractivity contribution in [2.24, 2.45) is 11.8 Å². The summed E-state index contributed by atoms with van der Waals surface area (Å²) in [5.74, 6) is 1.56. The molecular formula is C23H22N6O3. The van der Waals surface area contributed by atoms with Gasteiger partial charge in [-0.3, -0.25) is 4.79 Å². The molecule has 0 spiro atoms. The first-order chi connectivity index (χ1) is 15.7. The number of likely N-dealkylation sites (tertiary alicyclic amines) is 1. The molecule has 2 aromatic carbocycles. The molecule has 2 fully saturated rings. The number of methoxy groups -OCH3 is 1. The topological polar surface area (TPSA) is 89.5 Å². The van der Waals surface area contributed by atoms with E-state index in [1.54, 1.807) is 19.5 Å². The summed E-state index contributed by atoms with van der Waals surface area (Å²) in [4.78, 5) is 23.6. The zero-order valence-electron chi connectivity index (χ0n) is 17.6. The molecule has 0 N–H and O–H groups in total. The van der Waals surface area contributed by atoms with Crippen molar-refractivity contribution in [3.63, 3.8) is 0 Å². The summed E-state index contributed by atoms with van der Waals surface area (Å²) < 4.78 is 11.3. The van der Waals surface area contributed by atoms with Crippen molar-refractivity contribution >= 4 is 23.0 Å². The largest absolute Gasteiger partial charge is 0.497 e. The van der Waals surface area contributed by atoms with E-state index in [0.29, 0.717) is 29.1 Å². The minimum absolute atomic E-state index is 0.0211. The van der Waals surface area contributed by atoms with E-state index in [1.807, 2.05) is 47.4 Å². The lowest BCUT2D eigenvalue weighted by Crippen LogP contribution is -2.34. The number of hydrogen-bond donors (Lipinski definition) is 0. The van der Waals surface area contributed by atoms with Gasteiger partial charge >= 0.3 is 0 Å². The molecular weight excluding hydrogens is 408 g/mol. The number of rotatable bonds is 4. The number of oxazole rings is 1. The molecule has 32 heavy (non-hydrogen) atoms. The number of nitrogens with zero attached hydrogens (tertiary/aromatic N) is 6. The molecule has 9 heteroatoms. The zero-order valence-corrected chi connectivity index (χ0v) is 17.6. The van der Waals surface area contributed by atoms with Crippen molar-refractivity contribution in [3.8, 4) is 11.4 Å². The van der Waals surface area contributed by atoms with Crippen molar-refractivity contribution in [1.29, 1.82) is 0 Å². The lowest BCUT2D eigenvalue weighted by atomic mass is 10.0. The minimum atomic E-state index is 0.0211. The third-order valence-electron chi connectivity index (χ3n) is 6.40. The zero-order chi connectivity index (χ0) is 21.7. The fourth-order valence-corrected chi connectivity index (χ4v) is 4.81. The number of carbonyl (C=O) groups excluding carboxylic acids is 1. The minimum Gasteiger partial charge on any atom is -0.497 e. The van der Waals surface area contributed by atoms with E-state index in [2.05, 4.69) is 20.1 Å². The normalized spacial score (nSPS) is 20.2. The van der Waals surface area contributed by atoms with Gasteiger partial charge in [0.15, 0.2) is 5.58 Å². The van der Waals surface area contributed by atoms with Crippen LogP contribution in [0.3, 0.4) is 0 Å². The lowest BCUT2D eigenvalue weighted by Gasteiger charge is -2.21. The molecule has 4 aromatic rings. The Bertz CT molecular complexity index is 1270. The van der Waals surface area contributed by atoms with Gasteiger partial charge in [0.05, 0.1) is 30.8 Å².